The first kappa shape index (κ1) is 35.8. The van der Waals surface area contributed by atoms with Crippen LogP contribution in [0.4, 0.5) is 0 Å². The Morgan fingerprint density at radius 1 is 0.980 bits per heavy atom. The van der Waals surface area contributed by atoms with Gasteiger partial charge in [-0.25, -0.2) is 4.98 Å². The standard InChI is InChI=1S/C36H45N9O5/c37-29(11-20-7-8-23-12-21-4-1-2-5-22(21)13-24(23)10-20)35(50)45-31-16-25(17-32(46)47)28(15-26(31)14-27-18-41-19-43-27)34(49)44-30(33(38)48)6-3-9-42-36(39)40/h1-2,4-5,7-8,10,12-13,18-19,25-26,28-31H,3,6,9,11,14-17,37H2,(H2,38,48)(H,41,43)(H,44,49)(H,45,50)(H,46,47)(H4,39,40,42)/t25?,26?,28-,29?,30?,31?/m0/s1. The number of guanidine groups is 1. The number of rotatable bonds is 15. The summed E-state index contributed by atoms with van der Waals surface area (Å²) in [5.74, 6) is -4.51. The van der Waals surface area contributed by atoms with Gasteiger partial charge in [-0.1, -0.05) is 42.5 Å². The lowest BCUT2D eigenvalue weighted by Crippen LogP contribution is -2.55. The number of imidazole rings is 1. The summed E-state index contributed by atoms with van der Waals surface area (Å²) in [6.45, 7) is 0.313. The monoisotopic (exact) mass is 683 g/mol. The maximum absolute atomic E-state index is 13.7. The number of nitrogens with two attached hydrogens (primary N) is 3. The zero-order chi connectivity index (χ0) is 35.8. The number of carbonyl (C=O) groups excluding carboxylic acids is 3. The molecule has 14 nitrogen and oxygen atoms in total. The van der Waals surface area contributed by atoms with Crippen LogP contribution in [0.1, 0.15) is 43.4 Å². The summed E-state index contributed by atoms with van der Waals surface area (Å²) in [6, 6.07) is 16.1. The topological polar surface area (TPSA) is 255 Å². The first-order valence-electron chi connectivity index (χ1n) is 16.8. The van der Waals surface area contributed by atoms with Crippen LogP contribution in [0.3, 0.4) is 0 Å². The van der Waals surface area contributed by atoms with E-state index in [4.69, 9.17) is 22.6 Å². The molecule has 12 N–H and O–H groups in total. The molecular weight excluding hydrogens is 638 g/mol. The van der Waals surface area contributed by atoms with Gasteiger partial charge >= 0.3 is 5.97 Å². The highest BCUT2D eigenvalue weighted by Gasteiger charge is 2.43. The van der Waals surface area contributed by atoms with Crippen LogP contribution in [-0.2, 0) is 32.0 Å². The summed E-state index contributed by atoms with van der Waals surface area (Å²) in [7, 11) is 0. The lowest BCUT2D eigenvalue weighted by molar-refractivity contribution is -0.141. The Bertz CT molecular complexity index is 1850. The van der Waals surface area contributed by atoms with Gasteiger partial charge in [0.05, 0.1) is 12.4 Å². The van der Waals surface area contributed by atoms with Gasteiger partial charge in [-0.05, 0) is 89.6 Å². The predicted octanol–water partition coefficient (Wildman–Crippen LogP) is 1.66. The van der Waals surface area contributed by atoms with Crippen molar-refractivity contribution in [3.63, 3.8) is 0 Å². The van der Waals surface area contributed by atoms with Crippen LogP contribution in [0.5, 0.6) is 0 Å². The number of aromatic nitrogens is 2. The number of carboxylic acid groups (broad SMARTS) is 1. The van der Waals surface area contributed by atoms with Crippen molar-refractivity contribution in [2.75, 3.05) is 6.54 Å². The molecule has 50 heavy (non-hydrogen) atoms. The molecule has 264 valence electrons. The molecule has 5 rings (SSSR count). The highest BCUT2D eigenvalue weighted by molar-refractivity contribution is 5.98. The van der Waals surface area contributed by atoms with Crippen molar-refractivity contribution in [3.8, 4) is 0 Å². The third-order valence-electron chi connectivity index (χ3n) is 9.60. The molecule has 0 bridgehead atoms. The fourth-order valence-electron chi connectivity index (χ4n) is 7.06. The minimum Gasteiger partial charge on any atom is -0.481 e. The van der Waals surface area contributed by atoms with Gasteiger partial charge in [-0.2, -0.15) is 0 Å². The van der Waals surface area contributed by atoms with Crippen LogP contribution >= 0.6 is 0 Å². The van der Waals surface area contributed by atoms with E-state index in [-0.39, 0.29) is 43.5 Å². The van der Waals surface area contributed by atoms with E-state index >= 15 is 0 Å². The molecule has 0 saturated heterocycles. The number of nitrogens with zero attached hydrogens (tertiary/aromatic N) is 1. The fourth-order valence-corrected chi connectivity index (χ4v) is 7.06. The Balaban J connectivity index is 1.30. The van der Waals surface area contributed by atoms with Crippen molar-refractivity contribution in [1.29, 1.82) is 5.41 Å². The van der Waals surface area contributed by atoms with Crippen molar-refractivity contribution in [2.45, 2.75) is 63.1 Å². The number of aliphatic carboxylic acids is 1. The minimum absolute atomic E-state index is 0.208. The number of primary amides is 1. The zero-order valence-corrected chi connectivity index (χ0v) is 27.7. The van der Waals surface area contributed by atoms with E-state index in [0.29, 0.717) is 25.8 Å². The highest BCUT2D eigenvalue weighted by Crippen LogP contribution is 2.38. The summed E-state index contributed by atoms with van der Waals surface area (Å²) in [5, 5.41) is 29.9. The van der Waals surface area contributed by atoms with Gasteiger partial charge in [0.15, 0.2) is 5.96 Å². The molecule has 1 saturated carbocycles. The van der Waals surface area contributed by atoms with Crippen LogP contribution in [0.25, 0.3) is 21.5 Å². The van der Waals surface area contributed by atoms with E-state index in [1.807, 2.05) is 30.3 Å². The lowest BCUT2D eigenvalue weighted by Gasteiger charge is -2.41. The smallest absolute Gasteiger partial charge is 0.303 e. The van der Waals surface area contributed by atoms with Crippen molar-refractivity contribution in [1.82, 2.24) is 25.9 Å². The van der Waals surface area contributed by atoms with Crippen LogP contribution in [0.15, 0.2) is 67.1 Å². The van der Waals surface area contributed by atoms with E-state index in [1.54, 1.807) is 12.5 Å². The Morgan fingerprint density at radius 3 is 2.36 bits per heavy atom. The van der Waals surface area contributed by atoms with Crippen molar-refractivity contribution < 1.29 is 24.3 Å². The molecule has 3 amide bonds. The number of H-pyrrole nitrogens is 1. The summed E-state index contributed by atoms with van der Waals surface area (Å²) in [4.78, 5) is 58.7. The third kappa shape index (κ3) is 9.35. The van der Waals surface area contributed by atoms with Gasteiger partial charge in [0.25, 0.3) is 0 Å². The van der Waals surface area contributed by atoms with E-state index in [2.05, 4.69) is 50.2 Å². The Morgan fingerprint density at radius 2 is 1.70 bits per heavy atom. The van der Waals surface area contributed by atoms with Crippen molar-refractivity contribution in [3.05, 3.63) is 78.4 Å². The molecule has 5 unspecified atom stereocenters. The summed E-state index contributed by atoms with van der Waals surface area (Å²) in [5.41, 5.74) is 19.1. The number of aromatic amines is 1. The van der Waals surface area contributed by atoms with Crippen LogP contribution in [-0.4, -0.2) is 69.4 Å². The van der Waals surface area contributed by atoms with Crippen LogP contribution < -0.4 is 33.2 Å². The molecule has 1 heterocycles. The fraction of sp³-hybridized carbons (Fsp3) is 0.389. The summed E-state index contributed by atoms with van der Waals surface area (Å²) < 4.78 is 0. The highest BCUT2D eigenvalue weighted by atomic mass is 16.4. The molecule has 1 aliphatic rings. The quantitative estimate of drug-likeness (QED) is 0.0382. The lowest BCUT2D eigenvalue weighted by atomic mass is 9.68. The van der Waals surface area contributed by atoms with Crippen LogP contribution in [0.2, 0.25) is 0 Å². The molecule has 0 aliphatic heterocycles. The molecule has 0 spiro atoms. The SMILES string of the molecule is N=C(N)NCCCC(NC(=O)[C@H]1CC(Cc2cnc[nH]2)C(NC(=O)C(N)Cc2ccc3cc4ccccc4cc3c2)CC1CC(=O)O)C(N)=O. The van der Waals surface area contributed by atoms with Crippen LogP contribution in [0, 0.1) is 23.2 Å². The third-order valence-corrected chi connectivity index (χ3v) is 9.60. The zero-order valence-electron chi connectivity index (χ0n) is 27.7. The minimum atomic E-state index is -1.08. The van der Waals surface area contributed by atoms with Crippen molar-refractivity contribution in [2.24, 2.45) is 35.0 Å². The second kappa shape index (κ2) is 16.3. The first-order valence-corrected chi connectivity index (χ1v) is 16.8. The summed E-state index contributed by atoms with van der Waals surface area (Å²) in [6.07, 6.45) is 4.73. The number of fused-ring (bicyclic) bond motifs is 2. The number of hydrogen-bond donors (Lipinski definition) is 9. The molecule has 4 aromatic rings. The number of carbonyl (C=O) groups is 4. The molecule has 3 aromatic carbocycles. The van der Waals surface area contributed by atoms with Gasteiger partial charge in [-0.3, -0.25) is 24.6 Å². The Hall–Kier alpha value is -5.50. The van der Waals surface area contributed by atoms with Crippen molar-refractivity contribution >= 4 is 51.2 Å². The molecular formula is C36H45N9O5. The second-order valence-electron chi connectivity index (χ2n) is 13.2. The molecule has 0 radical (unpaired) electrons. The van der Waals surface area contributed by atoms with E-state index in [1.165, 1.54) is 0 Å². The van der Waals surface area contributed by atoms with Gasteiger partial charge in [-0.15, -0.1) is 0 Å². The second-order valence-corrected chi connectivity index (χ2v) is 13.2. The maximum atomic E-state index is 13.7. The number of nitrogens with one attached hydrogen (secondary N) is 5. The Labute approximate surface area is 289 Å². The molecule has 1 aromatic heterocycles. The average molecular weight is 684 g/mol. The van der Waals surface area contributed by atoms with Gasteiger partial charge in [0, 0.05) is 36.8 Å². The van der Waals surface area contributed by atoms with E-state index < -0.39 is 47.7 Å². The number of carboxylic acids is 1. The number of hydrogen-bond acceptors (Lipinski definition) is 7. The van der Waals surface area contributed by atoms with E-state index in [0.717, 1.165) is 32.8 Å². The Kier molecular flexibility index (Phi) is 11.6. The summed E-state index contributed by atoms with van der Waals surface area (Å²) >= 11 is 0. The molecule has 1 fully saturated rings. The first-order chi connectivity index (χ1) is 24.0. The average Bonchev–Trinajstić information content (AvgIpc) is 3.58. The maximum Gasteiger partial charge on any atom is 0.303 e. The molecule has 6 atom stereocenters. The van der Waals surface area contributed by atoms with Gasteiger partial charge in [0.1, 0.15) is 6.04 Å². The molecule has 1 aliphatic carbocycles. The van der Waals surface area contributed by atoms with Gasteiger partial charge < -0.3 is 43.2 Å². The largest absolute Gasteiger partial charge is 0.481 e. The number of amides is 3. The van der Waals surface area contributed by atoms with Gasteiger partial charge in [0.2, 0.25) is 17.7 Å². The normalized spacial score (nSPS) is 20.1. The predicted molar refractivity (Wildman–Crippen MR) is 190 cm³/mol. The molecule has 14 heteroatoms. The van der Waals surface area contributed by atoms with E-state index in [9.17, 15) is 24.3 Å². The number of benzene rings is 3.